The number of benzene rings is 2. The van der Waals surface area contributed by atoms with Gasteiger partial charge in [0.1, 0.15) is 17.6 Å². The lowest BCUT2D eigenvalue weighted by atomic mass is 10.1. The summed E-state index contributed by atoms with van der Waals surface area (Å²) in [7, 11) is 1.46. The fraction of sp³-hybridized carbons (Fsp3) is 0.160. The molecule has 0 saturated carbocycles. The largest absolute Gasteiger partial charge is 0.496 e. The van der Waals surface area contributed by atoms with Crippen molar-refractivity contribution in [2.75, 3.05) is 25.5 Å². The molecule has 0 fully saturated rings. The van der Waals surface area contributed by atoms with Crippen molar-refractivity contribution in [1.82, 2.24) is 15.2 Å². The first-order valence-corrected chi connectivity index (χ1v) is 10.5. The maximum atomic E-state index is 12.8. The van der Waals surface area contributed by atoms with Crippen LogP contribution in [0.4, 0.5) is 5.82 Å². The number of imide groups is 1. The molecule has 0 aliphatic carbocycles. The summed E-state index contributed by atoms with van der Waals surface area (Å²) in [6.45, 7) is 0.662. The van der Waals surface area contributed by atoms with E-state index in [-0.39, 0.29) is 36.4 Å². The Labute approximate surface area is 196 Å². The van der Waals surface area contributed by atoms with Gasteiger partial charge in [-0.05, 0) is 42.0 Å². The van der Waals surface area contributed by atoms with Crippen LogP contribution in [0.5, 0.6) is 5.75 Å². The highest BCUT2D eigenvalue weighted by molar-refractivity contribution is 6.21. The smallest absolute Gasteiger partial charge is 0.261 e. The minimum Gasteiger partial charge on any atom is -0.496 e. The molecule has 34 heavy (non-hydrogen) atoms. The van der Waals surface area contributed by atoms with Crippen LogP contribution in [0.15, 0.2) is 60.8 Å². The number of nitriles is 1. The number of methoxy groups -OCH3 is 1. The lowest BCUT2D eigenvalue weighted by Crippen LogP contribution is -2.30. The number of ether oxygens (including phenoxy) is 1. The van der Waals surface area contributed by atoms with Gasteiger partial charge in [0.25, 0.3) is 17.7 Å². The van der Waals surface area contributed by atoms with E-state index in [9.17, 15) is 14.4 Å². The van der Waals surface area contributed by atoms with Gasteiger partial charge < -0.3 is 15.4 Å². The van der Waals surface area contributed by atoms with E-state index < -0.39 is 0 Å². The van der Waals surface area contributed by atoms with Crippen molar-refractivity contribution in [2.24, 2.45) is 0 Å². The first kappa shape index (κ1) is 22.5. The summed E-state index contributed by atoms with van der Waals surface area (Å²) in [6, 6.07) is 17.0. The van der Waals surface area contributed by atoms with Crippen molar-refractivity contribution in [3.8, 4) is 11.8 Å². The number of nitrogens with one attached hydrogen (secondary N) is 2. The van der Waals surface area contributed by atoms with Gasteiger partial charge in [0.2, 0.25) is 0 Å². The van der Waals surface area contributed by atoms with Gasteiger partial charge in [-0.25, -0.2) is 4.98 Å². The quantitative estimate of drug-likeness (QED) is 0.395. The molecule has 0 unspecified atom stereocenters. The van der Waals surface area contributed by atoms with Crippen molar-refractivity contribution in [2.45, 2.75) is 6.54 Å². The van der Waals surface area contributed by atoms with Crippen molar-refractivity contribution < 1.29 is 19.1 Å². The van der Waals surface area contributed by atoms with Crippen LogP contribution in [0.3, 0.4) is 0 Å². The number of nitrogens with zero attached hydrogens (tertiary/aromatic N) is 3. The molecule has 0 saturated heterocycles. The number of fused-ring (bicyclic) bond motifs is 1. The molecule has 0 atom stereocenters. The monoisotopic (exact) mass is 455 g/mol. The Hall–Kier alpha value is -4.71. The summed E-state index contributed by atoms with van der Waals surface area (Å²) in [4.78, 5) is 43.4. The minimum absolute atomic E-state index is 0.0365. The first-order valence-electron chi connectivity index (χ1n) is 10.5. The predicted molar refractivity (Wildman–Crippen MR) is 123 cm³/mol. The highest BCUT2D eigenvalue weighted by Crippen LogP contribution is 2.26. The SMILES string of the molecule is COc1ccc(CN2C(=O)c3ccccc3C2=O)cc1C(=O)NCCNc1ncccc1C#N. The Balaban J connectivity index is 1.42. The average Bonchev–Trinajstić information content (AvgIpc) is 3.11. The van der Waals surface area contributed by atoms with Gasteiger partial charge in [-0.2, -0.15) is 5.26 Å². The lowest BCUT2D eigenvalue weighted by molar-refractivity contribution is 0.0642. The van der Waals surface area contributed by atoms with E-state index in [1.165, 1.54) is 7.11 Å². The number of pyridine rings is 1. The van der Waals surface area contributed by atoms with Crippen LogP contribution in [0.2, 0.25) is 0 Å². The zero-order valence-corrected chi connectivity index (χ0v) is 18.4. The molecule has 170 valence electrons. The second-order valence-corrected chi connectivity index (χ2v) is 7.47. The van der Waals surface area contributed by atoms with Crippen LogP contribution < -0.4 is 15.4 Å². The van der Waals surface area contributed by atoms with E-state index in [2.05, 4.69) is 21.7 Å². The van der Waals surface area contributed by atoms with Gasteiger partial charge in [0.15, 0.2) is 0 Å². The van der Waals surface area contributed by atoms with Crippen LogP contribution in [0.25, 0.3) is 0 Å². The van der Waals surface area contributed by atoms with Crippen molar-refractivity contribution in [3.05, 3.63) is 88.6 Å². The maximum absolute atomic E-state index is 12.8. The van der Waals surface area contributed by atoms with Gasteiger partial charge in [-0.3, -0.25) is 19.3 Å². The average molecular weight is 455 g/mol. The van der Waals surface area contributed by atoms with E-state index in [4.69, 9.17) is 10.00 Å². The summed E-state index contributed by atoms with van der Waals surface area (Å²) >= 11 is 0. The van der Waals surface area contributed by atoms with Crippen LogP contribution >= 0.6 is 0 Å². The van der Waals surface area contributed by atoms with Gasteiger partial charge in [0.05, 0.1) is 35.9 Å². The van der Waals surface area contributed by atoms with E-state index >= 15 is 0 Å². The minimum atomic E-state index is -0.371. The van der Waals surface area contributed by atoms with Crippen LogP contribution in [0, 0.1) is 11.3 Å². The summed E-state index contributed by atoms with van der Waals surface area (Å²) in [5, 5.41) is 14.9. The standard InChI is InChI=1S/C25H21N5O4/c1-34-21-9-8-16(15-30-24(32)18-6-2-3-7-19(18)25(30)33)13-20(21)23(31)29-12-11-28-22-17(14-26)5-4-10-27-22/h2-10,13H,11-12,15H2,1H3,(H,27,28)(H,29,31). The Kier molecular flexibility index (Phi) is 6.50. The van der Waals surface area contributed by atoms with E-state index in [1.807, 2.05) is 0 Å². The molecule has 2 N–H and O–H groups in total. The number of carbonyl (C=O) groups is 3. The number of rotatable bonds is 8. The van der Waals surface area contributed by atoms with Crippen molar-refractivity contribution in [3.63, 3.8) is 0 Å². The topological polar surface area (TPSA) is 124 Å². The Morgan fingerprint density at radius 3 is 2.47 bits per heavy atom. The number of hydrogen-bond donors (Lipinski definition) is 2. The van der Waals surface area contributed by atoms with Crippen molar-refractivity contribution >= 4 is 23.5 Å². The Morgan fingerprint density at radius 1 is 1.06 bits per heavy atom. The zero-order valence-electron chi connectivity index (χ0n) is 18.4. The van der Waals surface area contributed by atoms with Crippen LogP contribution in [0.1, 0.15) is 42.2 Å². The summed E-state index contributed by atoms with van der Waals surface area (Å²) < 4.78 is 5.32. The number of hydrogen-bond acceptors (Lipinski definition) is 7. The third kappa shape index (κ3) is 4.42. The molecule has 1 aliphatic rings. The fourth-order valence-electron chi connectivity index (χ4n) is 3.68. The summed E-state index contributed by atoms with van der Waals surface area (Å²) in [5.41, 5.74) is 2.06. The van der Waals surface area contributed by atoms with E-state index in [0.29, 0.717) is 40.4 Å². The highest BCUT2D eigenvalue weighted by atomic mass is 16.5. The molecule has 2 heterocycles. The molecular weight excluding hydrogens is 434 g/mol. The van der Waals surface area contributed by atoms with Gasteiger partial charge in [-0.1, -0.05) is 18.2 Å². The second kappa shape index (κ2) is 9.83. The Bertz CT molecular complexity index is 1280. The first-order chi connectivity index (χ1) is 16.5. The van der Waals surface area contributed by atoms with Gasteiger partial charge in [-0.15, -0.1) is 0 Å². The lowest BCUT2D eigenvalue weighted by Gasteiger charge is -2.16. The molecule has 0 bridgehead atoms. The van der Waals surface area contributed by atoms with Gasteiger partial charge >= 0.3 is 0 Å². The summed E-state index contributed by atoms with van der Waals surface area (Å²) in [5.74, 6) is -0.281. The number of aromatic nitrogens is 1. The zero-order chi connectivity index (χ0) is 24.1. The number of amides is 3. The van der Waals surface area contributed by atoms with E-state index in [1.54, 1.807) is 60.8 Å². The number of anilines is 1. The molecule has 3 aromatic rings. The van der Waals surface area contributed by atoms with Crippen molar-refractivity contribution in [1.29, 1.82) is 5.26 Å². The molecule has 3 amide bonds. The van der Waals surface area contributed by atoms with Crippen LogP contribution in [-0.4, -0.2) is 47.8 Å². The molecular formula is C25H21N5O4. The highest BCUT2D eigenvalue weighted by Gasteiger charge is 2.35. The molecule has 9 heteroatoms. The second-order valence-electron chi connectivity index (χ2n) is 7.47. The Morgan fingerprint density at radius 2 is 1.79 bits per heavy atom. The molecule has 0 radical (unpaired) electrons. The number of carbonyl (C=O) groups excluding carboxylic acids is 3. The molecule has 9 nitrogen and oxygen atoms in total. The van der Waals surface area contributed by atoms with Gasteiger partial charge in [0, 0.05) is 19.3 Å². The molecule has 1 aromatic heterocycles. The predicted octanol–water partition coefficient (Wildman–Crippen LogP) is 2.60. The van der Waals surface area contributed by atoms with Crippen LogP contribution in [-0.2, 0) is 6.54 Å². The molecule has 2 aromatic carbocycles. The fourth-order valence-corrected chi connectivity index (χ4v) is 3.68. The third-order valence-electron chi connectivity index (χ3n) is 5.36. The maximum Gasteiger partial charge on any atom is 0.261 e. The third-order valence-corrected chi connectivity index (χ3v) is 5.36. The molecule has 0 spiro atoms. The molecule has 1 aliphatic heterocycles. The normalized spacial score (nSPS) is 12.2. The summed E-state index contributed by atoms with van der Waals surface area (Å²) in [6.07, 6.45) is 1.58. The molecule has 4 rings (SSSR count). The van der Waals surface area contributed by atoms with E-state index in [0.717, 1.165) is 4.90 Å².